The van der Waals surface area contributed by atoms with E-state index in [0.717, 1.165) is 4.47 Å². The zero-order valence-corrected chi connectivity index (χ0v) is 11.7. The molecule has 1 rings (SSSR count). The van der Waals surface area contributed by atoms with Crippen LogP contribution >= 0.6 is 15.9 Å². The Morgan fingerprint density at radius 3 is 3.00 bits per heavy atom. The molecule has 0 spiro atoms. The fourth-order valence-corrected chi connectivity index (χ4v) is 1.75. The average Bonchev–Trinajstić information content (AvgIpc) is 2.34. The van der Waals surface area contributed by atoms with Crippen LogP contribution in [0.2, 0.25) is 0 Å². The normalized spacial score (nSPS) is 10.4. The summed E-state index contributed by atoms with van der Waals surface area (Å²) in [5.41, 5.74) is 0.522. The summed E-state index contributed by atoms with van der Waals surface area (Å²) in [6, 6.07) is 4.71. The highest BCUT2D eigenvalue weighted by atomic mass is 79.9. The third-order valence-electron chi connectivity index (χ3n) is 2.24. The van der Waals surface area contributed by atoms with Crippen LogP contribution < -0.4 is 10.6 Å². The summed E-state index contributed by atoms with van der Waals surface area (Å²) in [5.74, 6) is -0.423. The van der Waals surface area contributed by atoms with Gasteiger partial charge in [0.15, 0.2) is 0 Å². The van der Waals surface area contributed by atoms with Crippen LogP contribution in [0.3, 0.4) is 0 Å². The summed E-state index contributed by atoms with van der Waals surface area (Å²) in [7, 11) is 1.57. The van der Waals surface area contributed by atoms with Crippen LogP contribution in [-0.4, -0.2) is 32.7 Å². The first-order valence-electron chi connectivity index (χ1n) is 5.53. The average molecular weight is 319 g/mol. The van der Waals surface area contributed by atoms with Gasteiger partial charge in [0.2, 0.25) is 5.91 Å². The number of nitrogens with one attached hydrogen (secondary N) is 2. The highest BCUT2D eigenvalue weighted by molar-refractivity contribution is 9.10. The molecule has 0 aliphatic rings. The van der Waals surface area contributed by atoms with Gasteiger partial charge in [-0.1, -0.05) is 15.9 Å². The second kappa shape index (κ2) is 8.18. The molecule has 0 unspecified atom stereocenters. The van der Waals surface area contributed by atoms with Crippen molar-refractivity contribution in [1.82, 2.24) is 10.6 Å². The summed E-state index contributed by atoms with van der Waals surface area (Å²) < 4.78 is 19.0. The van der Waals surface area contributed by atoms with E-state index in [0.29, 0.717) is 25.3 Å². The molecule has 0 bridgehead atoms. The molecule has 2 N–H and O–H groups in total. The maximum atomic E-state index is 13.4. The molecule has 1 aromatic rings. The number of carbonyl (C=O) groups is 1. The first kappa shape index (κ1) is 15.1. The zero-order chi connectivity index (χ0) is 13.4. The molecule has 0 aliphatic heterocycles. The Hall–Kier alpha value is -0.980. The summed E-state index contributed by atoms with van der Waals surface area (Å²) in [6.07, 6.45) is 0. The van der Waals surface area contributed by atoms with Gasteiger partial charge in [-0.15, -0.1) is 0 Å². The largest absolute Gasteiger partial charge is 0.383 e. The van der Waals surface area contributed by atoms with Crippen LogP contribution in [0.5, 0.6) is 0 Å². The number of hydrogen-bond acceptors (Lipinski definition) is 3. The Balaban J connectivity index is 2.28. The van der Waals surface area contributed by atoms with Gasteiger partial charge in [-0.25, -0.2) is 4.39 Å². The van der Waals surface area contributed by atoms with Crippen molar-refractivity contribution >= 4 is 21.8 Å². The van der Waals surface area contributed by atoms with E-state index < -0.39 is 0 Å². The Bertz CT molecular complexity index is 402. The van der Waals surface area contributed by atoms with Gasteiger partial charge in [0.1, 0.15) is 5.82 Å². The van der Waals surface area contributed by atoms with E-state index in [1.165, 1.54) is 6.07 Å². The van der Waals surface area contributed by atoms with Crippen LogP contribution in [0, 0.1) is 5.82 Å². The number of rotatable bonds is 7. The first-order valence-corrected chi connectivity index (χ1v) is 6.33. The molecule has 18 heavy (non-hydrogen) atoms. The number of methoxy groups -OCH3 is 1. The second-order valence-electron chi connectivity index (χ2n) is 3.68. The van der Waals surface area contributed by atoms with Gasteiger partial charge < -0.3 is 15.4 Å². The van der Waals surface area contributed by atoms with E-state index in [1.807, 2.05) is 0 Å². The number of benzene rings is 1. The van der Waals surface area contributed by atoms with Gasteiger partial charge in [0.25, 0.3) is 0 Å². The second-order valence-corrected chi connectivity index (χ2v) is 4.60. The third-order valence-corrected chi connectivity index (χ3v) is 2.73. The van der Waals surface area contributed by atoms with Gasteiger partial charge in [0.05, 0.1) is 13.2 Å². The molecule has 0 atom stereocenters. The number of carbonyl (C=O) groups excluding carboxylic acids is 1. The quantitative estimate of drug-likeness (QED) is 0.748. The maximum Gasteiger partial charge on any atom is 0.234 e. The molecular weight excluding hydrogens is 303 g/mol. The van der Waals surface area contributed by atoms with Crippen molar-refractivity contribution in [2.45, 2.75) is 6.54 Å². The van der Waals surface area contributed by atoms with Gasteiger partial charge in [-0.2, -0.15) is 0 Å². The van der Waals surface area contributed by atoms with Crippen molar-refractivity contribution in [1.29, 1.82) is 0 Å². The van der Waals surface area contributed by atoms with Gasteiger partial charge in [-0.3, -0.25) is 4.79 Å². The summed E-state index contributed by atoms with van der Waals surface area (Å²) >= 11 is 3.27. The SMILES string of the molecule is COCCNC(=O)CNCc1cc(Br)ccc1F. The van der Waals surface area contributed by atoms with E-state index in [2.05, 4.69) is 26.6 Å². The Labute approximate surface area is 114 Å². The van der Waals surface area contributed by atoms with E-state index in [9.17, 15) is 9.18 Å². The molecule has 0 aliphatic carbocycles. The van der Waals surface area contributed by atoms with Crippen molar-refractivity contribution in [3.63, 3.8) is 0 Å². The monoisotopic (exact) mass is 318 g/mol. The van der Waals surface area contributed by atoms with Crippen LogP contribution in [0.4, 0.5) is 4.39 Å². The van der Waals surface area contributed by atoms with Gasteiger partial charge in [-0.05, 0) is 18.2 Å². The molecule has 1 aromatic carbocycles. The van der Waals surface area contributed by atoms with Crippen LogP contribution in [0.15, 0.2) is 22.7 Å². The van der Waals surface area contributed by atoms with Crippen LogP contribution in [-0.2, 0) is 16.1 Å². The van der Waals surface area contributed by atoms with Crippen molar-refractivity contribution in [2.75, 3.05) is 26.8 Å². The van der Waals surface area contributed by atoms with Crippen molar-refractivity contribution in [3.8, 4) is 0 Å². The predicted octanol–water partition coefficient (Wildman–Crippen LogP) is 1.44. The smallest absolute Gasteiger partial charge is 0.234 e. The van der Waals surface area contributed by atoms with E-state index >= 15 is 0 Å². The molecule has 6 heteroatoms. The fourth-order valence-electron chi connectivity index (χ4n) is 1.34. The zero-order valence-electron chi connectivity index (χ0n) is 10.1. The lowest BCUT2D eigenvalue weighted by Gasteiger charge is -2.07. The number of halogens is 2. The number of ether oxygens (including phenoxy) is 1. The molecule has 4 nitrogen and oxygen atoms in total. The fraction of sp³-hybridized carbons (Fsp3) is 0.417. The molecule has 0 saturated carbocycles. The van der Waals surface area contributed by atoms with Gasteiger partial charge >= 0.3 is 0 Å². The Kier molecular flexibility index (Phi) is 6.85. The molecule has 100 valence electrons. The van der Waals surface area contributed by atoms with E-state index in [1.54, 1.807) is 19.2 Å². The first-order chi connectivity index (χ1) is 8.63. The number of hydrogen-bond donors (Lipinski definition) is 2. The number of amides is 1. The molecular formula is C12H16BrFN2O2. The molecule has 0 aromatic heterocycles. The van der Waals surface area contributed by atoms with Crippen molar-refractivity contribution in [2.24, 2.45) is 0 Å². The summed E-state index contributed by atoms with van der Waals surface area (Å²) in [6.45, 7) is 1.41. The highest BCUT2D eigenvalue weighted by Crippen LogP contribution is 2.15. The topological polar surface area (TPSA) is 50.4 Å². The predicted molar refractivity (Wildman–Crippen MR) is 70.7 cm³/mol. The minimum absolute atomic E-state index is 0.137. The Morgan fingerprint density at radius 1 is 1.50 bits per heavy atom. The summed E-state index contributed by atoms with van der Waals surface area (Å²) in [4.78, 5) is 11.3. The van der Waals surface area contributed by atoms with Gasteiger partial charge in [0, 0.05) is 30.2 Å². The standard InChI is InChI=1S/C12H16BrFN2O2/c1-18-5-4-16-12(17)8-15-7-9-6-10(13)2-3-11(9)14/h2-3,6,15H,4-5,7-8H2,1H3,(H,16,17). The lowest BCUT2D eigenvalue weighted by Crippen LogP contribution is -2.35. The minimum atomic E-state index is -0.287. The molecule has 1 amide bonds. The van der Waals surface area contributed by atoms with E-state index in [-0.39, 0.29) is 18.3 Å². The molecule has 0 saturated heterocycles. The minimum Gasteiger partial charge on any atom is -0.383 e. The van der Waals surface area contributed by atoms with Crippen LogP contribution in [0.25, 0.3) is 0 Å². The lowest BCUT2D eigenvalue weighted by atomic mass is 10.2. The van der Waals surface area contributed by atoms with Crippen LogP contribution in [0.1, 0.15) is 5.56 Å². The van der Waals surface area contributed by atoms with Crippen molar-refractivity contribution in [3.05, 3.63) is 34.1 Å². The molecule has 0 fully saturated rings. The Morgan fingerprint density at radius 2 is 2.28 bits per heavy atom. The molecule has 0 radical (unpaired) electrons. The highest BCUT2D eigenvalue weighted by Gasteiger charge is 2.04. The van der Waals surface area contributed by atoms with Crippen molar-refractivity contribution < 1.29 is 13.9 Å². The maximum absolute atomic E-state index is 13.4. The molecule has 0 heterocycles. The third kappa shape index (κ3) is 5.57. The summed E-state index contributed by atoms with van der Waals surface area (Å²) in [5, 5.41) is 5.55. The van der Waals surface area contributed by atoms with E-state index in [4.69, 9.17) is 4.74 Å². The lowest BCUT2D eigenvalue weighted by molar-refractivity contribution is -0.120.